The van der Waals surface area contributed by atoms with Crippen molar-refractivity contribution in [2.24, 2.45) is 0 Å². The first-order chi connectivity index (χ1) is 7.36. The van der Waals surface area contributed by atoms with Crippen molar-refractivity contribution < 1.29 is 0 Å². The van der Waals surface area contributed by atoms with E-state index in [1.165, 1.54) is 18.5 Å². The van der Waals surface area contributed by atoms with E-state index in [2.05, 4.69) is 27.3 Å². The van der Waals surface area contributed by atoms with Crippen LogP contribution in [0.25, 0.3) is 0 Å². The molecule has 0 aromatic carbocycles. The average molecular weight is 205 g/mol. The van der Waals surface area contributed by atoms with Gasteiger partial charge in [0.2, 0.25) is 0 Å². The summed E-state index contributed by atoms with van der Waals surface area (Å²) in [5.74, 6) is 0. The van der Waals surface area contributed by atoms with E-state index in [-0.39, 0.29) is 0 Å². The Morgan fingerprint density at radius 3 is 2.53 bits per heavy atom. The Bertz CT molecular complexity index is 286. The molecular formula is C12H19N3. The number of nitrogens with one attached hydrogen (secondary N) is 1. The summed E-state index contributed by atoms with van der Waals surface area (Å²) in [5.41, 5.74) is 2.36. The summed E-state index contributed by atoms with van der Waals surface area (Å²) in [6.07, 6.45) is 4.42. The Morgan fingerprint density at radius 2 is 1.93 bits per heavy atom. The highest BCUT2D eigenvalue weighted by atomic mass is 15.1. The molecular weight excluding hydrogens is 186 g/mol. The number of rotatable bonds is 1. The van der Waals surface area contributed by atoms with Crippen LogP contribution in [0.2, 0.25) is 0 Å². The lowest BCUT2D eigenvalue weighted by molar-refractivity contribution is 0.567. The van der Waals surface area contributed by atoms with Gasteiger partial charge in [-0.3, -0.25) is 4.98 Å². The summed E-state index contributed by atoms with van der Waals surface area (Å²) in [6, 6.07) is 4.27. The third-order valence-electron chi connectivity index (χ3n) is 2.82. The van der Waals surface area contributed by atoms with E-state index >= 15 is 0 Å². The highest BCUT2D eigenvalue weighted by Gasteiger charge is 2.08. The summed E-state index contributed by atoms with van der Waals surface area (Å²) in [7, 11) is 0. The second-order valence-electron chi connectivity index (χ2n) is 4.10. The largest absolute Gasteiger partial charge is 0.370 e. The predicted octanol–water partition coefficient (Wildman–Crippen LogP) is 1.58. The van der Waals surface area contributed by atoms with E-state index in [1.807, 2.05) is 13.1 Å². The highest BCUT2D eigenvalue weighted by Crippen LogP contribution is 2.14. The van der Waals surface area contributed by atoms with E-state index in [0.29, 0.717) is 0 Å². The van der Waals surface area contributed by atoms with Crippen LogP contribution in [0.5, 0.6) is 0 Å². The van der Waals surface area contributed by atoms with Crippen LogP contribution in [0.15, 0.2) is 18.3 Å². The first-order valence-corrected chi connectivity index (χ1v) is 5.74. The van der Waals surface area contributed by atoms with Crippen LogP contribution in [-0.2, 0) is 0 Å². The molecule has 1 aromatic rings. The molecule has 1 fully saturated rings. The molecule has 0 bridgehead atoms. The molecule has 2 rings (SSSR count). The Balaban J connectivity index is 2.03. The van der Waals surface area contributed by atoms with E-state index in [4.69, 9.17) is 0 Å². The summed E-state index contributed by atoms with van der Waals surface area (Å²) in [5, 5.41) is 3.43. The second kappa shape index (κ2) is 5.12. The van der Waals surface area contributed by atoms with Gasteiger partial charge in [-0.2, -0.15) is 0 Å². The van der Waals surface area contributed by atoms with E-state index in [9.17, 15) is 0 Å². The minimum absolute atomic E-state index is 1.09. The summed E-state index contributed by atoms with van der Waals surface area (Å²) in [4.78, 5) is 6.79. The second-order valence-corrected chi connectivity index (χ2v) is 4.10. The SMILES string of the molecule is Cc1ccc(N2CCCNCCC2)cn1. The molecule has 2 heterocycles. The molecule has 3 heteroatoms. The van der Waals surface area contributed by atoms with Crippen LogP contribution < -0.4 is 10.2 Å². The number of aryl methyl sites for hydroxylation is 1. The van der Waals surface area contributed by atoms with Crippen LogP contribution in [0.4, 0.5) is 5.69 Å². The fourth-order valence-corrected chi connectivity index (χ4v) is 1.93. The molecule has 82 valence electrons. The highest BCUT2D eigenvalue weighted by molar-refractivity contribution is 5.44. The van der Waals surface area contributed by atoms with Crippen molar-refractivity contribution in [1.29, 1.82) is 0 Å². The van der Waals surface area contributed by atoms with Crippen molar-refractivity contribution in [1.82, 2.24) is 10.3 Å². The minimum atomic E-state index is 1.09. The van der Waals surface area contributed by atoms with Gasteiger partial charge < -0.3 is 10.2 Å². The van der Waals surface area contributed by atoms with Gasteiger partial charge in [-0.1, -0.05) is 0 Å². The average Bonchev–Trinajstić information content (AvgIpc) is 2.19. The van der Waals surface area contributed by atoms with Crippen molar-refractivity contribution >= 4 is 5.69 Å². The van der Waals surface area contributed by atoms with Gasteiger partial charge in [0.15, 0.2) is 0 Å². The number of hydrogen-bond acceptors (Lipinski definition) is 3. The monoisotopic (exact) mass is 205 g/mol. The number of aromatic nitrogens is 1. The lowest BCUT2D eigenvalue weighted by Crippen LogP contribution is -2.33. The summed E-state index contributed by atoms with van der Waals surface area (Å²) in [6.45, 7) is 6.57. The Labute approximate surface area is 91.5 Å². The quantitative estimate of drug-likeness (QED) is 0.754. The zero-order valence-electron chi connectivity index (χ0n) is 9.37. The van der Waals surface area contributed by atoms with Crippen LogP contribution in [0, 0.1) is 6.92 Å². The standard InChI is InChI=1S/C12H19N3/c1-11-4-5-12(10-14-11)15-8-2-6-13-7-3-9-15/h4-5,10,13H,2-3,6-9H2,1H3. The molecule has 15 heavy (non-hydrogen) atoms. The van der Waals surface area contributed by atoms with E-state index in [0.717, 1.165) is 31.9 Å². The first kappa shape index (κ1) is 10.4. The van der Waals surface area contributed by atoms with Crippen LogP contribution in [0.1, 0.15) is 18.5 Å². The topological polar surface area (TPSA) is 28.2 Å². The van der Waals surface area contributed by atoms with Gasteiger partial charge in [-0.15, -0.1) is 0 Å². The van der Waals surface area contributed by atoms with Crippen molar-refractivity contribution in [3.8, 4) is 0 Å². The van der Waals surface area contributed by atoms with Gasteiger partial charge in [0.25, 0.3) is 0 Å². The molecule has 1 aromatic heterocycles. The molecule has 0 spiro atoms. The third-order valence-corrected chi connectivity index (χ3v) is 2.82. The molecule has 0 atom stereocenters. The zero-order chi connectivity index (χ0) is 10.5. The fourth-order valence-electron chi connectivity index (χ4n) is 1.93. The predicted molar refractivity (Wildman–Crippen MR) is 63.3 cm³/mol. The van der Waals surface area contributed by atoms with Crippen LogP contribution in [-0.4, -0.2) is 31.2 Å². The number of nitrogens with zero attached hydrogens (tertiary/aromatic N) is 2. The Hall–Kier alpha value is -1.09. The van der Waals surface area contributed by atoms with Crippen molar-refractivity contribution in [2.45, 2.75) is 19.8 Å². The van der Waals surface area contributed by atoms with Crippen LogP contribution >= 0.6 is 0 Å². The van der Waals surface area contributed by atoms with Crippen molar-refractivity contribution in [2.75, 3.05) is 31.1 Å². The summed E-state index contributed by atoms with van der Waals surface area (Å²) < 4.78 is 0. The number of pyridine rings is 1. The van der Waals surface area contributed by atoms with Gasteiger partial charge in [0.05, 0.1) is 11.9 Å². The Morgan fingerprint density at radius 1 is 1.20 bits per heavy atom. The molecule has 0 amide bonds. The van der Waals surface area contributed by atoms with Gasteiger partial charge in [0.1, 0.15) is 0 Å². The lowest BCUT2D eigenvalue weighted by Gasteiger charge is -2.26. The maximum Gasteiger partial charge on any atom is 0.0552 e. The fraction of sp³-hybridized carbons (Fsp3) is 0.583. The maximum atomic E-state index is 4.35. The van der Waals surface area contributed by atoms with Gasteiger partial charge in [0, 0.05) is 18.8 Å². The van der Waals surface area contributed by atoms with E-state index in [1.54, 1.807) is 0 Å². The van der Waals surface area contributed by atoms with Crippen molar-refractivity contribution in [3.63, 3.8) is 0 Å². The normalized spacial score (nSPS) is 18.3. The molecule has 1 aliphatic rings. The van der Waals surface area contributed by atoms with Gasteiger partial charge in [-0.05, 0) is 45.0 Å². The van der Waals surface area contributed by atoms with Gasteiger partial charge in [-0.25, -0.2) is 0 Å². The number of hydrogen-bond donors (Lipinski definition) is 1. The molecule has 1 saturated heterocycles. The molecule has 0 aliphatic carbocycles. The molecule has 0 radical (unpaired) electrons. The Kier molecular flexibility index (Phi) is 3.56. The van der Waals surface area contributed by atoms with Crippen LogP contribution in [0.3, 0.4) is 0 Å². The third kappa shape index (κ3) is 2.93. The zero-order valence-corrected chi connectivity index (χ0v) is 9.37. The van der Waals surface area contributed by atoms with Crippen molar-refractivity contribution in [3.05, 3.63) is 24.0 Å². The molecule has 1 N–H and O–H groups in total. The molecule has 0 saturated carbocycles. The van der Waals surface area contributed by atoms with E-state index < -0.39 is 0 Å². The lowest BCUT2D eigenvalue weighted by atomic mass is 10.2. The smallest absolute Gasteiger partial charge is 0.0552 e. The molecule has 3 nitrogen and oxygen atoms in total. The molecule has 1 aliphatic heterocycles. The number of anilines is 1. The summed E-state index contributed by atoms with van der Waals surface area (Å²) >= 11 is 0. The van der Waals surface area contributed by atoms with Gasteiger partial charge >= 0.3 is 0 Å². The first-order valence-electron chi connectivity index (χ1n) is 5.74. The molecule has 0 unspecified atom stereocenters. The minimum Gasteiger partial charge on any atom is -0.370 e. The maximum absolute atomic E-state index is 4.35.